The summed E-state index contributed by atoms with van der Waals surface area (Å²) in [5, 5.41) is 4.91. The van der Waals surface area contributed by atoms with Crippen LogP contribution in [-0.4, -0.2) is 14.6 Å². The number of hydrogen-bond donors (Lipinski definition) is 0. The summed E-state index contributed by atoms with van der Waals surface area (Å²) in [6.45, 7) is 1.87. The van der Waals surface area contributed by atoms with E-state index in [4.69, 9.17) is 11.6 Å². The predicted octanol–water partition coefficient (Wildman–Crippen LogP) is 2.30. The van der Waals surface area contributed by atoms with Crippen molar-refractivity contribution in [3.8, 4) is 0 Å². The fourth-order valence-electron chi connectivity index (χ4n) is 0.951. The van der Waals surface area contributed by atoms with Gasteiger partial charge in [0.1, 0.15) is 3.70 Å². The number of nitrogens with zero attached hydrogens (tertiary/aromatic N) is 3. The molecule has 0 amide bonds. The summed E-state index contributed by atoms with van der Waals surface area (Å²) < 4.78 is 2.75. The predicted molar refractivity (Wildman–Crippen MR) is 55.5 cm³/mol. The summed E-state index contributed by atoms with van der Waals surface area (Å²) >= 11 is 8.06. The van der Waals surface area contributed by atoms with Crippen LogP contribution in [0.4, 0.5) is 0 Å². The quantitative estimate of drug-likeness (QED) is 0.698. The minimum atomic E-state index is 0.657. The van der Waals surface area contributed by atoms with Crippen molar-refractivity contribution in [3.05, 3.63) is 26.7 Å². The highest BCUT2D eigenvalue weighted by molar-refractivity contribution is 14.1. The van der Waals surface area contributed by atoms with Crippen LogP contribution >= 0.6 is 34.2 Å². The van der Waals surface area contributed by atoms with E-state index in [1.807, 2.05) is 13.0 Å². The Balaban J connectivity index is 2.87. The maximum absolute atomic E-state index is 5.88. The SMILES string of the molecule is Cc1nn2c(I)cnc2cc1Cl. The Morgan fingerprint density at radius 3 is 3.08 bits per heavy atom. The normalized spacial score (nSPS) is 10.9. The molecule has 12 heavy (non-hydrogen) atoms. The average Bonchev–Trinajstić information content (AvgIpc) is 2.35. The molecule has 0 aliphatic heterocycles. The first-order chi connectivity index (χ1) is 5.68. The third-order valence-electron chi connectivity index (χ3n) is 1.57. The molecule has 5 heteroatoms. The van der Waals surface area contributed by atoms with Crippen LogP contribution in [0.15, 0.2) is 12.3 Å². The Bertz CT molecular complexity index is 437. The highest BCUT2D eigenvalue weighted by atomic mass is 127. The third kappa shape index (κ3) is 1.19. The van der Waals surface area contributed by atoms with Crippen molar-refractivity contribution in [1.29, 1.82) is 0 Å². The van der Waals surface area contributed by atoms with Crippen molar-refractivity contribution >= 4 is 39.8 Å². The van der Waals surface area contributed by atoms with Crippen LogP contribution < -0.4 is 0 Å². The summed E-state index contributed by atoms with van der Waals surface area (Å²) in [5.74, 6) is 0. The van der Waals surface area contributed by atoms with Crippen LogP contribution in [0, 0.1) is 10.6 Å². The molecule has 0 atom stereocenters. The summed E-state index contributed by atoms with van der Waals surface area (Å²) in [6, 6.07) is 1.81. The highest BCUT2D eigenvalue weighted by Gasteiger charge is 2.04. The van der Waals surface area contributed by atoms with Gasteiger partial charge in [-0.25, -0.2) is 9.50 Å². The number of imidazole rings is 1. The van der Waals surface area contributed by atoms with Crippen LogP contribution in [0.2, 0.25) is 5.02 Å². The van der Waals surface area contributed by atoms with Crippen molar-refractivity contribution in [1.82, 2.24) is 14.6 Å². The molecule has 0 aliphatic carbocycles. The van der Waals surface area contributed by atoms with Crippen molar-refractivity contribution in [2.45, 2.75) is 6.92 Å². The van der Waals surface area contributed by atoms with E-state index in [9.17, 15) is 0 Å². The van der Waals surface area contributed by atoms with E-state index in [1.165, 1.54) is 0 Å². The molecule has 2 heterocycles. The molecule has 0 unspecified atom stereocenters. The number of aryl methyl sites for hydroxylation is 1. The molecule has 0 radical (unpaired) electrons. The van der Waals surface area contributed by atoms with Gasteiger partial charge in [0.2, 0.25) is 0 Å². The monoisotopic (exact) mass is 293 g/mol. The van der Waals surface area contributed by atoms with E-state index in [-0.39, 0.29) is 0 Å². The number of halogens is 2. The van der Waals surface area contributed by atoms with Gasteiger partial charge >= 0.3 is 0 Å². The van der Waals surface area contributed by atoms with Gasteiger partial charge in [0, 0.05) is 6.07 Å². The fraction of sp³-hybridized carbons (Fsp3) is 0.143. The molecule has 3 nitrogen and oxygen atoms in total. The second-order valence-electron chi connectivity index (χ2n) is 2.43. The van der Waals surface area contributed by atoms with Gasteiger partial charge in [-0.05, 0) is 29.5 Å². The van der Waals surface area contributed by atoms with E-state index in [2.05, 4.69) is 32.7 Å². The minimum Gasteiger partial charge on any atom is -0.234 e. The van der Waals surface area contributed by atoms with Gasteiger partial charge in [0.25, 0.3) is 0 Å². The number of fused-ring (bicyclic) bond motifs is 1. The molecule has 0 saturated carbocycles. The van der Waals surface area contributed by atoms with Crippen LogP contribution in [0.3, 0.4) is 0 Å². The second kappa shape index (κ2) is 2.85. The number of aromatic nitrogens is 3. The molecule has 2 rings (SSSR count). The van der Waals surface area contributed by atoms with Gasteiger partial charge in [-0.15, -0.1) is 0 Å². The molecular weight excluding hydrogens is 288 g/mol. The van der Waals surface area contributed by atoms with Gasteiger partial charge in [-0.2, -0.15) is 5.10 Å². The third-order valence-corrected chi connectivity index (χ3v) is 2.69. The lowest BCUT2D eigenvalue weighted by atomic mass is 10.4. The van der Waals surface area contributed by atoms with Gasteiger partial charge in [-0.1, -0.05) is 11.6 Å². The summed E-state index contributed by atoms with van der Waals surface area (Å²) in [5.41, 5.74) is 1.61. The van der Waals surface area contributed by atoms with E-state index >= 15 is 0 Å². The number of hydrogen-bond acceptors (Lipinski definition) is 2. The Hall–Kier alpha value is -0.360. The molecule has 0 spiro atoms. The first kappa shape index (κ1) is 8.25. The highest BCUT2D eigenvalue weighted by Crippen LogP contribution is 2.16. The maximum Gasteiger partial charge on any atom is 0.156 e. The van der Waals surface area contributed by atoms with E-state index in [1.54, 1.807) is 10.7 Å². The van der Waals surface area contributed by atoms with Crippen molar-refractivity contribution in [3.63, 3.8) is 0 Å². The lowest BCUT2D eigenvalue weighted by Gasteiger charge is -1.98. The lowest BCUT2D eigenvalue weighted by molar-refractivity contribution is 0.882. The van der Waals surface area contributed by atoms with E-state index < -0.39 is 0 Å². The standard InChI is InChI=1S/C7H5ClIN3/c1-4-5(8)2-7-10-3-6(9)12(7)11-4/h2-3H,1H3. The summed E-state index contributed by atoms with van der Waals surface area (Å²) in [7, 11) is 0. The molecule has 0 bridgehead atoms. The zero-order chi connectivity index (χ0) is 8.72. The van der Waals surface area contributed by atoms with Crippen molar-refractivity contribution in [2.75, 3.05) is 0 Å². The molecule has 2 aromatic heterocycles. The minimum absolute atomic E-state index is 0.657. The smallest absolute Gasteiger partial charge is 0.156 e. The van der Waals surface area contributed by atoms with Gasteiger partial charge in [0.05, 0.1) is 16.9 Å². The van der Waals surface area contributed by atoms with Gasteiger partial charge in [0.15, 0.2) is 5.65 Å². The zero-order valence-electron chi connectivity index (χ0n) is 6.25. The largest absolute Gasteiger partial charge is 0.234 e. The average molecular weight is 293 g/mol. The fourth-order valence-corrected chi connectivity index (χ4v) is 1.58. The van der Waals surface area contributed by atoms with Crippen molar-refractivity contribution < 1.29 is 0 Å². The Labute approximate surface area is 87.9 Å². The van der Waals surface area contributed by atoms with Crippen LogP contribution in [-0.2, 0) is 0 Å². The first-order valence-corrected chi connectivity index (χ1v) is 4.80. The van der Waals surface area contributed by atoms with Crippen LogP contribution in [0.5, 0.6) is 0 Å². The van der Waals surface area contributed by atoms with Gasteiger partial charge < -0.3 is 0 Å². The molecule has 0 aromatic carbocycles. The molecular formula is C7H5ClIN3. The number of rotatable bonds is 0. The van der Waals surface area contributed by atoms with Crippen molar-refractivity contribution in [2.24, 2.45) is 0 Å². The molecule has 2 aromatic rings. The molecule has 0 aliphatic rings. The molecule has 62 valence electrons. The maximum atomic E-state index is 5.88. The molecule has 0 N–H and O–H groups in total. The van der Waals surface area contributed by atoms with Gasteiger partial charge in [-0.3, -0.25) is 0 Å². The first-order valence-electron chi connectivity index (χ1n) is 3.35. The van der Waals surface area contributed by atoms with Crippen LogP contribution in [0.25, 0.3) is 5.65 Å². The summed E-state index contributed by atoms with van der Waals surface area (Å²) in [4.78, 5) is 4.13. The zero-order valence-corrected chi connectivity index (χ0v) is 9.17. The van der Waals surface area contributed by atoms with Crippen LogP contribution in [0.1, 0.15) is 5.69 Å². The second-order valence-corrected chi connectivity index (χ2v) is 3.94. The molecule has 0 fully saturated rings. The summed E-state index contributed by atoms with van der Waals surface area (Å²) in [6.07, 6.45) is 1.76. The topological polar surface area (TPSA) is 30.2 Å². The Morgan fingerprint density at radius 2 is 2.33 bits per heavy atom. The lowest BCUT2D eigenvalue weighted by Crippen LogP contribution is -1.96. The molecule has 0 saturated heterocycles. The van der Waals surface area contributed by atoms with E-state index in [0.29, 0.717) is 5.02 Å². The Morgan fingerprint density at radius 1 is 1.58 bits per heavy atom. The Kier molecular flexibility index (Phi) is 1.96. The van der Waals surface area contributed by atoms with E-state index in [0.717, 1.165) is 15.0 Å².